The molecule has 0 saturated heterocycles. The van der Waals surface area contributed by atoms with Crippen molar-refractivity contribution in [3.8, 4) is 5.75 Å². The second-order valence-electron chi connectivity index (χ2n) is 4.06. The lowest BCUT2D eigenvalue weighted by Gasteiger charge is -2.03. The molecule has 0 spiro atoms. The number of hydrogen-bond donors (Lipinski definition) is 0. The minimum atomic E-state index is -0.322. The number of carbonyl (C=O) groups excluding carboxylic acids is 1. The predicted octanol–water partition coefficient (Wildman–Crippen LogP) is 3.42. The average Bonchev–Trinajstić information content (AvgIpc) is 2.44. The van der Waals surface area contributed by atoms with E-state index in [9.17, 15) is 4.79 Å². The standard InChI is InChI=1S/C16H16O3/c1-3-19-16(17)9-5-12-4-6-14-11-15(18-2)8-7-13(14)10-12/h4-11H,3H2,1-2H3/b9-5+. The van der Waals surface area contributed by atoms with Gasteiger partial charge >= 0.3 is 5.97 Å². The van der Waals surface area contributed by atoms with Gasteiger partial charge in [-0.05, 0) is 47.5 Å². The highest BCUT2D eigenvalue weighted by Gasteiger charge is 1.98. The van der Waals surface area contributed by atoms with Gasteiger partial charge in [0.1, 0.15) is 5.75 Å². The summed E-state index contributed by atoms with van der Waals surface area (Å²) in [4.78, 5) is 11.2. The van der Waals surface area contributed by atoms with Crippen LogP contribution in [0, 0.1) is 0 Å². The van der Waals surface area contributed by atoms with E-state index < -0.39 is 0 Å². The van der Waals surface area contributed by atoms with Gasteiger partial charge in [0.05, 0.1) is 13.7 Å². The summed E-state index contributed by atoms with van der Waals surface area (Å²) in [5.74, 6) is 0.514. The monoisotopic (exact) mass is 256 g/mol. The fourth-order valence-electron chi connectivity index (χ4n) is 1.83. The van der Waals surface area contributed by atoms with Crippen molar-refractivity contribution in [2.75, 3.05) is 13.7 Å². The molecule has 19 heavy (non-hydrogen) atoms. The van der Waals surface area contributed by atoms with Crippen LogP contribution in [-0.4, -0.2) is 19.7 Å². The fraction of sp³-hybridized carbons (Fsp3) is 0.188. The SMILES string of the molecule is CCOC(=O)/C=C/c1ccc2cc(OC)ccc2c1. The Balaban J connectivity index is 2.24. The molecule has 0 saturated carbocycles. The van der Waals surface area contributed by atoms with Gasteiger partial charge in [0.15, 0.2) is 0 Å². The van der Waals surface area contributed by atoms with E-state index in [4.69, 9.17) is 9.47 Å². The smallest absolute Gasteiger partial charge is 0.330 e. The van der Waals surface area contributed by atoms with Crippen LogP contribution in [0.25, 0.3) is 16.8 Å². The molecule has 0 aliphatic carbocycles. The number of hydrogen-bond acceptors (Lipinski definition) is 3. The molecule has 3 nitrogen and oxygen atoms in total. The molecule has 0 aromatic heterocycles. The molecule has 0 heterocycles. The summed E-state index contributed by atoms with van der Waals surface area (Å²) in [5.41, 5.74) is 0.964. The summed E-state index contributed by atoms with van der Waals surface area (Å²) >= 11 is 0. The van der Waals surface area contributed by atoms with E-state index in [0.717, 1.165) is 22.1 Å². The summed E-state index contributed by atoms with van der Waals surface area (Å²) < 4.78 is 10.0. The van der Waals surface area contributed by atoms with Gasteiger partial charge < -0.3 is 9.47 Å². The summed E-state index contributed by atoms with van der Waals surface area (Å²) in [6.45, 7) is 2.18. The molecule has 2 rings (SSSR count). The van der Waals surface area contributed by atoms with Crippen molar-refractivity contribution in [3.63, 3.8) is 0 Å². The maximum atomic E-state index is 11.2. The van der Waals surface area contributed by atoms with Gasteiger partial charge in [-0.2, -0.15) is 0 Å². The quantitative estimate of drug-likeness (QED) is 0.621. The minimum absolute atomic E-state index is 0.322. The molecular formula is C16H16O3. The summed E-state index contributed by atoms with van der Waals surface area (Å²) in [7, 11) is 1.65. The average molecular weight is 256 g/mol. The van der Waals surface area contributed by atoms with Crippen LogP contribution >= 0.6 is 0 Å². The zero-order chi connectivity index (χ0) is 13.7. The van der Waals surface area contributed by atoms with Crippen molar-refractivity contribution in [1.82, 2.24) is 0 Å². The van der Waals surface area contributed by atoms with Crippen molar-refractivity contribution in [1.29, 1.82) is 0 Å². The molecule has 0 atom stereocenters. The lowest BCUT2D eigenvalue weighted by molar-refractivity contribution is -0.137. The first-order valence-electron chi connectivity index (χ1n) is 6.15. The lowest BCUT2D eigenvalue weighted by atomic mass is 10.1. The molecule has 0 radical (unpaired) electrons. The predicted molar refractivity (Wildman–Crippen MR) is 76.2 cm³/mol. The van der Waals surface area contributed by atoms with Crippen LogP contribution in [0.3, 0.4) is 0 Å². The van der Waals surface area contributed by atoms with Crippen LogP contribution in [-0.2, 0) is 9.53 Å². The minimum Gasteiger partial charge on any atom is -0.497 e. The van der Waals surface area contributed by atoms with Crippen molar-refractivity contribution in [2.45, 2.75) is 6.92 Å². The maximum absolute atomic E-state index is 11.2. The van der Waals surface area contributed by atoms with E-state index in [2.05, 4.69) is 0 Å². The van der Waals surface area contributed by atoms with Crippen LogP contribution < -0.4 is 4.74 Å². The molecule has 0 fully saturated rings. The number of methoxy groups -OCH3 is 1. The Labute approximate surface area is 112 Å². The number of fused-ring (bicyclic) bond motifs is 1. The van der Waals surface area contributed by atoms with Gasteiger partial charge in [-0.25, -0.2) is 4.79 Å². The van der Waals surface area contributed by atoms with E-state index >= 15 is 0 Å². The number of ether oxygens (including phenoxy) is 2. The summed E-state index contributed by atoms with van der Waals surface area (Å²) in [6, 6.07) is 11.9. The third-order valence-corrected chi connectivity index (χ3v) is 2.77. The number of rotatable bonds is 4. The van der Waals surface area contributed by atoms with E-state index in [1.54, 1.807) is 20.1 Å². The van der Waals surface area contributed by atoms with E-state index in [-0.39, 0.29) is 5.97 Å². The fourth-order valence-corrected chi connectivity index (χ4v) is 1.83. The van der Waals surface area contributed by atoms with Crippen LogP contribution in [0.15, 0.2) is 42.5 Å². The number of esters is 1. The van der Waals surface area contributed by atoms with Crippen LogP contribution in [0.2, 0.25) is 0 Å². The van der Waals surface area contributed by atoms with E-state index in [1.165, 1.54) is 6.08 Å². The molecule has 0 aliphatic heterocycles. The molecule has 98 valence electrons. The van der Waals surface area contributed by atoms with Gasteiger partial charge in [-0.1, -0.05) is 18.2 Å². The Morgan fingerprint density at radius 2 is 1.89 bits per heavy atom. The highest BCUT2D eigenvalue weighted by atomic mass is 16.5. The molecule has 0 bridgehead atoms. The second kappa shape index (κ2) is 6.05. The van der Waals surface area contributed by atoms with Gasteiger partial charge in [-0.3, -0.25) is 0 Å². The Hall–Kier alpha value is -2.29. The molecule has 2 aromatic carbocycles. The first kappa shape index (κ1) is 13.1. The summed E-state index contributed by atoms with van der Waals surface area (Å²) in [5, 5.41) is 2.21. The van der Waals surface area contributed by atoms with Gasteiger partial charge in [-0.15, -0.1) is 0 Å². The van der Waals surface area contributed by atoms with Gasteiger partial charge in [0.2, 0.25) is 0 Å². The van der Waals surface area contributed by atoms with E-state index in [1.807, 2.05) is 36.4 Å². The Morgan fingerprint density at radius 3 is 2.63 bits per heavy atom. The third kappa shape index (κ3) is 3.35. The number of carbonyl (C=O) groups is 1. The highest BCUT2D eigenvalue weighted by Crippen LogP contribution is 2.22. The molecule has 0 N–H and O–H groups in total. The highest BCUT2D eigenvalue weighted by molar-refractivity contribution is 5.90. The molecule has 3 heteroatoms. The van der Waals surface area contributed by atoms with Crippen LogP contribution in [0.4, 0.5) is 0 Å². The van der Waals surface area contributed by atoms with Gasteiger partial charge in [0, 0.05) is 6.08 Å². The Kier molecular flexibility index (Phi) is 4.18. The van der Waals surface area contributed by atoms with Crippen molar-refractivity contribution in [2.24, 2.45) is 0 Å². The van der Waals surface area contributed by atoms with Crippen molar-refractivity contribution in [3.05, 3.63) is 48.0 Å². The Bertz CT molecular complexity index is 614. The van der Waals surface area contributed by atoms with Crippen molar-refractivity contribution >= 4 is 22.8 Å². The topological polar surface area (TPSA) is 35.5 Å². The first-order chi connectivity index (χ1) is 9.22. The van der Waals surface area contributed by atoms with Crippen LogP contribution in [0.1, 0.15) is 12.5 Å². The molecule has 0 amide bonds. The normalized spacial score (nSPS) is 10.8. The molecular weight excluding hydrogens is 240 g/mol. The maximum Gasteiger partial charge on any atom is 0.330 e. The van der Waals surface area contributed by atoms with Crippen molar-refractivity contribution < 1.29 is 14.3 Å². The third-order valence-electron chi connectivity index (χ3n) is 2.77. The molecule has 0 unspecified atom stereocenters. The lowest BCUT2D eigenvalue weighted by Crippen LogP contribution is -1.98. The zero-order valence-electron chi connectivity index (χ0n) is 11.1. The molecule has 0 aliphatic rings. The van der Waals surface area contributed by atoms with Crippen LogP contribution in [0.5, 0.6) is 5.75 Å². The Morgan fingerprint density at radius 1 is 1.16 bits per heavy atom. The molecule has 2 aromatic rings. The first-order valence-corrected chi connectivity index (χ1v) is 6.15. The zero-order valence-corrected chi connectivity index (χ0v) is 11.1. The van der Waals surface area contributed by atoms with E-state index in [0.29, 0.717) is 6.61 Å². The van der Waals surface area contributed by atoms with Gasteiger partial charge in [0.25, 0.3) is 0 Å². The largest absolute Gasteiger partial charge is 0.497 e. The second-order valence-corrected chi connectivity index (χ2v) is 4.06. The number of benzene rings is 2. The summed E-state index contributed by atoms with van der Waals surface area (Å²) in [6.07, 6.45) is 3.19.